The van der Waals surface area contributed by atoms with Crippen molar-refractivity contribution in [3.63, 3.8) is 0 Å². The smallest absolute Gasteiger partial charge is 0.257 e. The minimum atomic E-state index is -0.539. The Balaban J connectivity index is 1.81. The minimum Gasteiger partial charge on any atom is -0.488 e. The fourth-order valence-electron chi connectivity index (χ4n) is 3.20. The Morgan fingerprint density at radius 3 is 2.47 bits per heavy atom. The van der Waals surface area contributed by atoms with Crippen LogP contribution in [0, 0.1) is 5.41 Å². The molecule has 1 fully saturated rings. The van der Waals surface area contributed by atoms with Crippen molar-refractivity contribution in [3.8, 4) is 17.2 Å². The quantitative estimate of drug-likeness (QED) is 0.281. The molecule has 0 spiro atoms. The van der Waals surface area contributed by atoms with Crippen LogP contribution in [-0.2, 0) is 0 Å². The molecule has 1 heterocycles. The molecule has 0 bridgehead atoms. The van der Waals surface area contributed by atoms with Crippen LogP contribution in [0.1, 0.15) is 47.9 Å². The molecule has 1 saturated heterocycles. The Kier molecular flexibility index (Phi) is 9.32. The number of hydrogen-bond donors (Lipinski definition) is 4. The van der Waals surface area contributed by atoms with Crippen molar-refractivity contribution in [2.75, 3.05) is 19.7 Å². The van der Waals surface area contributed by atoms with Gasteiger partial charge in [-0.2, -0.15) is 0 Å². The van der Waals surface area contributed by atoms with E-state index in [0.29, 0.717) is 17.1 Å². The number of amidine groups is 1. The standard InChI is InChI=1S/C26H31ClN4O5/c1-16(2)29-8-7-24(28)30-25(33)19-11-20(35-17(3)15-32)14-21(12-19)36-23-6-5-18(13-22(23)27)26(34)31-9-4-10-31/h5-8,11-14,16-17,29,32H,4,9-10,15H2,1-3H3,(H2,28,30,33)/b8-7-/t17-/m0/s1. The zero-order chi connectivity index (χ0) is 26.2. The predicted molar refractivity (Wildman–Crippen MR) is 138 cm³/mol. The number of rotatable bonds is 10. The fraction of sp³-hybridized carbons (Fsp3) is 0.346. The van der Waals surface area contributed by atoms with E-state index in [1.807, 2.05) is 13.8 Å². The van der Waals surface area contributed by atoms with Gasteiger partial charge in [0, 0.05) is 42.5 Å². The van der Waals surface area contributed by atoms with Crippen LogP contribution in [0.25, 0.3) is 0 Å². The highest BCUT2D eigenvalue weighted by molar-refractivity contribution is 6.32. The lowest BCUT2D eigenvalue weighted by atomic mass is 10.1. The summed E-state index contributed by atoms with van der Waals surface area (Å²) in [4.78, 5) is 27.0. The van der Waals surface area contributed by atoms with Crippen LogP contribution in [-0.4, -0.2) is 59.5 Å². The molecule has 0 aliphatic carbocycles. The monoisotopic (exact) mass is 514 g/mol. The van der Waals surface area contributed by atoms with Crippen molar-refractivity contribution < 1.29 is 24.2 Å². The SMILES string of the molecule is CC(C)N/C=C\C(=N)NC(=O)c1cc(Oc2ccc(C(=O)N3CCC3)cc2Cl)cc(O[C@@H](C)CO)c1. The summed E-state index contributed by atoms with van der Waals surface area (Å²) in [5.41, 5.74) is 0.655. The van der Waals surface area contributed by atoms with Crippen LogP contribution in [0.5, 0.6) is 17.2 Å². The molecule has 1 atom stereocenters. The Bertz CT molecular complexity index is 1150. The first-order valence-electron chi connectivity index (χ1n) is 11.7. The molecular formula is C26H31ClN4O5. The topological polar surface area (TPSA) is 124 Å². The van der Waals surface area contributed by atoms with Crippen molar-refractivity contribution in [2.45, 2.75) is 39.3 Å². The summed E-state index contributed by atoms with van der Waals surface area (Å²) in [5, 5.41) is 23.1. The molecule has 0 unspecified atom stereocenters. The highest BCUT2D eigenvalue weighted by atomic mass is 35.5. The van der Waals surface area contributed by atoms with Crippen molar-refractivity contribution in [1.29, 1.82) is 5.41 Å². The van der Waals surface area contributed by atoms with Gasteiger partial charge in [-0.25, -0.2) is 0 Å². The average molecular weight is 515 g/mol. The lowest BCUT2D eigenvalue weighted by molar-refractivity contribution is 0.0651. The number of benzene rings is 2. The average Bonchev–Trinajstić information content (AvgIpc) is 2.78. The zero-order valence-electron chi connectivity index (χ0n) is 20.5. The van der Waals surface area contributed by atoms with Crippen molar-refractivity contribution in [1.82, 2.24) is 15.5 Å². The summed E-state index contributed by atoms with van der Waals surface area (Å²) in [6, 6.07) is 9.54. The first-order chi connectivity index (χ1) is 17.2. The number of aliphatic hydroxyl groups is 1. The second-order valence-electron chi connectivity index (χ2n) is 8.72. The van der Waals surface area contributed by atoms with Crippen LogP contribution >= 0.6 is 11.6 Å². The third kappa shape index (κ3) is 7.47. The van der Waals surface area contributed by atoms with E-state index in [9.17, 15) is 14.7 Å². The molecular weight excluding hydrogens is 484 g/mol. The maximum atomic E-state index is 12.8. The van der Waals surface area contributed by atoms with Gasteiger partial charge in [-0.05, 0) is 63.6 Å². The lowest BCUT2D eigenvalue weighted by Crippen LogP contribution is -2.41. The van der Waals surface area contributed by atoms with Gasteiger partial charge in [0.05, 0.1) is 11.6 Å². The Hall–Kier alpha value is -3.56. The van der Waals surface area contributed by atoms with Crippen molar-refractivity contribution >= 4 is 29.3 Å². The first-order valence-corrected chi connectivity index (χ1v) is 12.1. The highest BCUT2D eigenvalue weighted by Crippen LogP contribution is 2.33. The Labute approximate surface area is 215 Å². The van der Waals surface area contributed by atoms with Gasteiger partial charge in [0.15, 0.2) is 0 Å². The fourth-order valence-corrected chi connectivity index (χ4v) is 3.42. The van der Waals surface area contributed by atoms with E-state index in [0.717, 1.165) is 19.5 Å². The summed E-state index contributed by atoms with van der Waals surface area (Å²) in [6.07, 6.45) is 3.50. The van der Waals surface area contributed by atoms with Crippen LogP contribution in [0.2, 0.25) is 5.02 Å². The van der Waals surface area contributed by atoms with Crippen molar-refractivity contribution in [2.24, 2.45) is 0 Å². The maximum absolute atomic E-state index is 12.8. The van der Waals surface area contributed by atoms with Gasteiger partial charge < -0.3 is 30.1 Å². The van der Waals surface area contributed by atoms with Gasteiger partial charge in [-0.15, -0.1) is 0 Å². The molecule has 4 N–H and O–H groups in total. The molecule has 10 heteroatoms. The summed E-state index contributed by atoms with van der Waals surface area (Å²) in [7, 11) is 0. The number of likely N-dealkylation sites (tertiary alicyclic amines) is 1. The van der Waals surface area contributed by atoms with Crippen LogP contribution in [0.3, 0.4) is 0 Å². The molecule has 1 aliphatic rings. The predicted octanol–water partition coefficient (Wildman–Crippen LogP) is 3.96. The Morgan fingerprint density at radius 2 is 1.86 bits per heavy atom. The normalized spacial score (nSPS) is 13.8. The number of halogens is 1. The van der Waals surface area contributed by atoms with E-state index in [4.69, 9.17) is 26.5 Å². The zero-order valence-corrected chi connectivity index (χ0v) is 21.3. The van der Waals surface area contributed by atoms with Crippen LogP contribution in [0.4, 0.5) is 0 Å². The van der Waals surface area contributed by atoms with Gasteiger partial charge >= 0.3 is 0 Å². The minimum absolute atomic E-state index is 0.0814. The third-order valence-electron chi connectivity index (χ3n) is 5.21. The van der Waals surface area contributed by atoms with E-state index in [1.54, 1.807) is 42.3 Å². The number of hydrogen-bond acceptors (Lipinski definition) is 7. The van der Waals surface area contributed by atoms with Crippen LogP contribution < -0.4 is 20.1 Å². The van der Waals surface area contributed by atoms with Crippen molar-refractivity contribution in [3.05, 3.63) is 64.8 Å². The first kappa shape index (κ1) is 27.0. The molecule has 0 radical (unpaired) electrons. The maximum Gasteiger partial charge on any atom is 0.257 e. The largest absolute Gasteiger partial charge is 0.488 e. The summed E-state index contributed by atoms with van der Waals surface area (Å²) < 4.78 is 11.6. The van der Waals surface area contributed by atoms with Gasteiger partial charge in [0.25, 0.3) is 11.8 Å². The molecule has 36 heavy (non-hydrogen) atoms. The number of nitrogens with one attached hydrogen (secondary N) is 3. The molecule has 192 valence electrons. The number of amides is 2. The van der Waals surface area contributed by atoms with E-state index in [1.165, 1.54) is 18.2 Å². The molecule has 2 aromatic carbocycles. The Morgan fingerprint density at radius 1 is 1.14 bits per heavy atom. The summed E-state index contributed by atoms with van der Waals surface area (Å²) in [5.74, 6) is 0.130. The van der Waals surface area contributed by atoms with Gasteiger partial charge in [-0.3, -0.25) is 15.0 Å². The third-order valence-corrected chi connectivity index (χ3v) is 5.51. The molecule has 1 aliphatic heterocycles. The molecule has 2 amide bonds. The molecule has 0 aromatic heterocycles. The number of ether oxygens (including phenoxy) is 2. The van der Waals surface area contributed by atoms with Gasteiger partial charge in [-0.1, -0.05) is 11.6 Å². The lowest BCUT2D eigenvalue weighted by Gasteiger charge is -2.31. The molecule has 2 aromatic rings. The van der Waals surface area contributed by atoms with E-state index < -0.39 is 12.0 Å². The highest BCUT2D eigenvalue weighted by Gasteiger charge is 2.22. The van der Waals surface area contributed by atoms with E-state index >= 15 is 0 Å². The molecule has 3 rings (SSSR count). The van der Waals surface area contributed by atoms with E-state index in [2.05, 4.69) is 10.6 Å². The molecule has 0 saturated carbocycles. The number of carbonyl (C=O) groups excluding carboxylic acids is 2. The van der Waals surface area contributed by atoms with E-state index in [-0.39, 0.29) is 40.7 Å². The summed E-state index contributed by atoms with van der Waals surface area (Å²) in [6.45, 7) is 6.84. The van der Waals surface area contributed by atoms with Gasteiger partial charge in [0.2, 0.25) is 0 Å². The van der Waals surface area contributed by atoms with Crippen LogP contribution in [0.15, 0.2) is 48.7 Å². The van der Waals surface area contributed by atoms with Gasteiger partial charge in [0.1, 0.15) is 29.2 Å². The molecule has 9 nitrogen and oxygen atoms in total. The second kappa shape index (κ2) is 12.4. The second-order valence-corrected chi connectivity index (χ2v) is 9.13. The number of carbonyl (C=O) groups is 2. The number of nitrogens with zero attached hydrogens (tertiary/aromatic N) is 1. The summed E-state index contributed by atoms with van der Waals surface area (Å²) >= 11 is 6.40. The number of aliphatic hydroxyl groups excluding tert-OH is 1.